The van der Waals surface area contributed by atoms with E-state index < -0.39 is 12.1 Å². The molecule has 0 aliphatic carbocycles. The largest absolute Gasteiger partial charge is 0.490 e. The number of aliphatic carboxylic acids is 1. The van der Waals surface area contributed by atoms with Crippen molar-refractivity contribution in [3.63, 3.8) is 0 Å². The second kappa shape index (κ2) is 9.78. The first-order valence-electron chi connectivity index (χ1n) is 10.2. The lowest BCUT2D eigenvalue weighted by atomic mass is 9.81. The normalized spacial score (nSPS) is 26.6. The predicted octanol–water partition coefficient (Wildman–Crippen LogP) is 2.78. The molecule has 1 aromatic carbocycles. The van der Waals surface area contributed by atoms with Crippen LogP contribution in [-0.4, -0.2) is 71.8 Å². The van der Waals surface area contributed by atoms with E-state index >= 15 is 0 Å². The van der Waals surface area contributed by atoms with E-state index in [0.29, 0.717) is 11.8 Å². The maximum atomic E-state index is 13.0. The van der Waals surface area contributed by atoms with Crippen LogP contribution < -0.4 is 0 Å². The van der Waals surface area contributed by atoms with Gasteiger partial charge in [0.05, 0.1) is 12.0 Å². The first-order valence-corrected chi connectivity index (χ1v) is 10.2. The molecule has 9 heteroatoms. The van der Waals surface area contributed by atoms with E-state index in [2.05, 4.69) is 40.1 Å². The van der Waals surface area contributed by atoms with Gasteiger partial charge in [0.2, 0.25) is 5.91 Å². The summed E-state index contributed by atoms with van der Waals surface area (Å²) in [7, 11) is 0. The molecule has 3 aliphatic rings. The van der Waals surface area contributed by atoms with Gasteiger partial charge in [-0.05, 0) is 24.8 Å². The lowest BCUT2D eigenvalue weighted by molar-refractivity contribution is -0.192. The van der Waals surface area contributed by atoms with Crippen molar-refractivity contribution in [3.8, 4) is 0 Å². The number of rotatable bonds is 3. The van der Waals surface area contributed by atoms with E-state index in [1.165, 1.54) is 5.56 Å². The van der Waals surface area contributed by atoms with Crippen molar-refractivity contribution in [2.45, 2.75) is 38.1 Å². The highest BCUT2D eigenvalue weighted by atomic mass is 19.4. The summed E-state index contributed by atoms with van der Waals surface area (Å²) in [5.74, 6) is -1.83. The summed E-state index contributed by atoms with van der Waals surface area (Å²) in [5.41, 5.74) is 1.32. The van der Waals surface area contributed by atoms with E-state index in [9.17, 15) is 18.0 Å². The highest BCUT2D eigenvalue weighted by molar-refractivity contribution is 5.80. The molecule has 1 N–H and O–H groups in total. The van der Waals surface area contributed by atoms with Gasteiger partial charge >= 0.3 is 12.1 Å². The zero-order chi connectivity index (χ0) is 21.7. The van der Waals surface area contributed by atoms with Crippen LogP contribution in [0.2, 0.25) is 0 Å². The molecule has 3 atom stereocenters. The van der Waals surface area contributed by atoms with Crippen molar-refractivity contribution in [2.24, 2.45) is 11.8 Å². The van der Waals surface area contributed by atoms with Gasteiger partial charge in [0.25, 0.3) is 0 Å². The van der Waals surface area contributed by atoms with Gasteiger partial charge in [-0.3, -0.25) is 9.69 Å². The third-order valence-corrected chi connectivity index (χ3v) is 5.90. The SMILES string of the molecule is O=C(O)C(F)(F)F.O=C([C@@H]1CN(Cc2ccccc2)C[C@H]2OCC[C@H]21)N1CCCC1. The molecule has 0 bridgehead atoms. The van der Waals surface area contributed by atoms with Gasteiger partial charge in [-0.1, -0.05) is 30.3 Å². The van der Waals surface area contributed by atoms with Crippen LogP contribution >= 0.6 is 0 Å². The van der Waals surface area contributed by atoms with Crippen LogP contribution in [0.4, 0.5) is 13.2 Å². The first kappa shape index (κ1) is 22.6. The van der Waals surface area contributed by atoms with Crippen molar-refractivity contribution in [2.75, 3.05) is 32.8 Å². The van der Waals surface area contributed by atoms with E-state index in [-0.39, 0.29) is 12.0 Å². The number of benzene rings is 1. The molecular weight excluding hydrogens is 401 g/mol. The lowest BCUT2D eigenvalue weighted by Crippen LogP contribution is -2.52. The summed E-state index contributed by atoms with van der Waals surface area (Å²) < 4.78 is 37.7. The van der Waals surface area contributed by atoms with Gasteiger partial charge in [0.15, 0.2) is 0 Å². The van der Waals surface area contributed by atoms with E-state index in [1.807, 2.05) is 0 Å². The van der Waals surface area contributed by atoms with Crippen LogP contribution in [-0.2, 0) is 20.9 Å². The topological polar surface area (TPSA) is 70.1 Å². The summed E-state index contributed by atoms with van der Waals surface area (Å²) in [6.07, 6.45) is -1.47. The summed E-state index contributed by atoms with van der Waals surface area (Å²) in [4.78, 5) is 26.4. The smallest absolute Gasteiger partial charge is 0.475 e. The number of halogens is 3. The van der Waals surface area contributed by atoms with Crippen molar-refractivity contribution in [1.29, 1.82) is 0 Å². The quantitative estimate of drug-likeness (QED) is 0.802. The number of carbonyl (C=O) groups excluding carboxylic acids is 1. The van der Waals surface area contributed by atoms with Crippen LogP contribution in [0.5, 0.6) is 0 Å². The molecule has 1 amide bonds. The van der Waals surface area contributed by atoms with Crippen LogP contribution in [0, 0.1) is 11.8 Å². The molecule has 4 rings (SSSR count). The highest BCUT2D eigenvalue weighted by Gasteiger charge is 2.45. The molecule has 0 saturated carbocycles. The molecule has 0 unspecified atom stereocenters. The molecule has 166 valence electrons. The van der Waals surface area contributed by atoms with Crippen molar-refractivity contribution in [1.82, 2.24) is 9.80 Å². The zero-order valence-electron chi connectivity index (χ0n) is 16.7. The van der Waals surface area contributed by atoms with Gasteiger partial charge < -0.3 is 14.7 Å². The Morgan fingerprint density at radius 3 is 2.33 bits per heavy atom. The summed E-state index contributed by atoms with van der Waals surface area (Å²) in [5, 5.41) is 7.12. The minimum Gasteiger partial charge on any atom is -0.475 e. The molecule has 3 heterocycles. The number of ether oxygens (including phenoxy) is 1. The number of likely N-dealkylation sites (tertiary alicyclic amines) is 2. The zero-order valence-corrected chi connectivity index (χ0v) is 16.7. The second-order valence-corrected chi connectivity index (χ2v) is 7.98. The van der Waals surface area contributed by atoms with Crippen LogP contribution in [0.3, 0.4) is 0 Å². The Bertz CT molecular complexity index is 723. The van der Waals surface area contributed by atoms with Crippen LogP contribution in [0.25, 0.3) is 0 Å². The first-order chi connectivity index (χ1) is 14.3. The van der Waals surface area contributed by atoms with Gasteiger partial charge in [0, 0.05) is 45.2 Å². The number of carboxylic acid groups (broad SMARTS) is 1. The third-order valence-electron chi connectivity index (χ3n) is 5.90. The number of nitrogens with zero attached hydrogens (tertiary/aromatic N) is 2. The molecule has 3 aliphatic heterocycles. The Labute approximate surface area is 173 Å². The standard InChI is InChI=1S/C19H26N2O2.C2HF3O2/c22-19(21-9-4-5-10-21)17-13-20(12-15-6-2-1-3-7-15)14-18-16(17)8-11-23-18;3-2(4,5)1(6)7/h1-3,6-7,16-18H,4-5,8-14H2;(H,6,7)/t16-,17+,18+;/m0./s1. The second-order valence-electron chi connectivity index (χ2n) is 7.98. The van der Waals surface area contributed by atoms with Crippen LogP contribution in [0.15, 0.2) is 30.3 Å². The molecule has 1 aromatic rings. The summed E-state index contributed by atoms with van der Waals surface area (Å²) in [6, 6.07) is 10.6. The molecule has 6 nitrogen and oxygen atoms in total. The Morgan fingerprint density at radius 1 is 1.10 bits per heavy atom. The fourth-order valence-corrected chi connectivity index (χ4v) is 4.46. The fraction of sp³-hybridized carbons (Fsp3) is 0.619. The number of fused-ring (bicyclic) bond motifs is 1. The number of carbonyl (C=O) groups is 2. The monoisotopic (exact) mass is 428 g/mol. The summed E-state index contributed by atoms with van der Waals surface area (Å²) >= 11 is 0. The van der Waals surface area contributed by atoms with Gasteiger partial charge in [-0.2, -0.15) is 13.2 Å². The minimum absolute atomic E-state index is 0.123. The predicted molar refractivity (Wildman–Crippen MR) is 103 cm³/mol. The molecule has 3 saturated heterocycles. The molecule has 0 aromatic heterocycles. The van der Waals surface area contributed by atoms with Gasteiger partial charge in [0.1, 0.15) is 0 Å². The van der Waals surface area contributed by atoms with Gasteiger partial charge in [-0.15, -0.1) is 0 Å². The Balaban J connectivity index is 0.000000318. The highest BCUT2D eigenvalue weighted by Crippen LogP contribution is 2.35. The van der Waals surface area contributed by atoms with E-state index in [1.54, 1.807) is 0 Å². The molecule has 3 fully saturated rings. The number of hydrogen-bond acceptors (Lipinski definition) is 4. The van der Waals surface area contributed by atoms with E-state index in [4.69, 9.17) is 14.6 Å². The average Bonchev–Trinajstić information content (AvgIpc) is 3.39. The molecule has 0 spiro atoms. The summed E-state index contributed by atoms with van der Waals surface area (Å²) in [6.45, 7) is 5.48. The Kier molecular flexibility index (Phi) is 7.36. The minimum atomic E-state index is -5.08. The van der Waals surface area contributed by atoms with Crippen molar-refractivity contribution >= 4 is 11.9 Å². The Hall–Kier alpha value is -2.13. The van der Waals surface area contributed by atoms with Crippen molar-refractivity contribution < 1.29 is 32.6 Å². The van der Waals surface area contributed by atoms with Crippen LogP contribution in [0.1, 0.15) is 24.8 Å². The molecular formula is C21H27F3N2O4. The lowest BCUT2D eigenvalue weighted by Gasteiger charge is -2.40. The maximum Gasteiger partial charge on any atom is 0.490 e. The third kappa shape index (κ3) is 5.72. The number of carboxylic acids is 1. The average molecular weight is 428 g/mol. The maximum absolute atomic E-state index is 13.0. The van der Waals surface area contributed by atoms with Gasteiger partial charge in [-0.25, -0.2) is 4.79 Å². The molecule has 0 radical (unpaired) electrons. The van der Waals surface area contributed by atoms with Crippen molar-refractivity contribution in [3.05, 3.63) is 35.9 Å². The Morgan fingerprint density at radius 2 is 1.73 bits per heavy atom. The molecule has 30 heavy (non-hydrogen) atoms. The fourth-order valence-electron chi connectivity index (χ4n) is 4.46. The number of piperidine rings is 1. The number of alkyl halides is 3. The number of hydrogen-bond donors (Lipinski definition) is 1. The number of amides is 1. The van der Waals surface area contributed by atoms with E-state index in [0.717, 1.165) is 58.6 Å².